The molecule has 0 saturated carbocycles. The Bertz CT molecular complexity index is 3100. The fourth-order valence-electron chi connectivity index (χ4n) is 8.15. The zero-order valence-electron chi connectivity index (χ0n) is 28.0. The van der Waals surface area contributed by atoms with Gasteiger partial charge in [0.2, 0.25) is 5.95 Å². The van der Waals surface area contributed by atoms with Crippen LogP contribution in [-0.4, -0.2) is 24.1 Å². The summed E-state index contributed by atoms with van der Waals surface area (Å²) >= 11 is 0. The maximum Gasteiger partial charge on any atom is 0.238 e. The molecular weight excluding hydrogens is 635 g/mol. The van der Waals surface area contributed by atoms with Gasteiger partial charge in [-0.1, -0.05) is 152 Å². The first-order chi connectivity index (χ1) is 25.8. The normalized spacial score (nSPS) is 11.8. The van der Waals surface area contributed by atoms with Crippen LogP contribution in [0.25, 0.3) is 99.6 Å². The van der Waals surface area contributed by atoms with Crippen molar-refractivity contribution in [2.24, 2.45) is 0 Å². The van der Waals surface area contributed by atoms with E-state index in [1.807, 2.05) is 36.4 Å². The third-order valence-corrected chi connectivity index (χ3v) is 10.3. The number of benzene rings is 8. The number of aromatic nitrogens is 5. The highest BCUT2D eigenvalue weighted by molar-refractivity contribution is 6.39. The van der Waals surface area contributed by atoms with Gasteiger partial charge in [-0.25, -0.2) is 4.98 Å². The Labute approximate surface area is 298 Å². The Kier molecular flexibility index (Phi) is 6.18. The van der Waals surface area contributed by atoms with Gasteiger partial charge in [0.15, 0.2) is 11.6 Å². The summed E-state index contributed by atoms with van der Waals surface area (Å²) in [5.74, 6) is 1.84. The number of rotatable bonds is 4. The fraction of sp³-hybridized carbons (Fsp3) is 0. The topological polar surface area (TPSA) is 48.5 Å². The van der Waals surface area contributed by atoms with E-state index in [1.54, 1.807) is 0 Å². The van der Waals surface area contributed by atoms with E-state index < -0.39 is 0 Å². The molecule has 11 aromatic rings. The largest absolute Gasteiger partial charge is 0.308 e. The van der Waals surface area contributed by atoms with Gasteiger partial charge in [0.05, 0.1) is 22.1 Å². The molecule has 0 atom stereocenters. The molecule has 0 spiro atoms. The summed E-state index contributed by atoms with van der Waals surface area (Å²) in [7, 11) is 0. The quantitative estimate of drug-likeness (QED) is 0.188. The van der Waals surface area contributed by atoms with Crippen molar-refractivity contribution in [1.82, 2.24) is 24.1 Å². The van der Waals surface area contributed by atoms with Crippen LogP contribution in [0.2, 0.25) is 0 Å². The number of fused-ring (bicyclic) bond motifs is 12. The van der Waals surface area contributed by atoms with Gasteiger partial charge < -0.3 is 4.57 Å². The molecule has 5 heteroatoms. The summed E-state index contributed by atoms with van der Waals surface area (Å²) in [4.78, 5) is 15.5. The minimum Gasteiger partial charge on any atom is -0.308 e. The molecule has 52 heavy (non-hydrogen) atoms. The molecule has 11 rings (SSSR count). The van der Waals surface area contributed by atoms with Crippen molar-refractivity contribution >= 4 is 65.2 Å². The van der Waals surface area contributed by atoms with Crippen LogP contribution in [0.3, 0.4) is 0 Å². The first-order valence-electron chi connectivity index (χ1n) is 17.6. The second-order valence-corrected chi connectivity index (χ2v) is 13.2. The maximum atomic E-state index is 5.26. The van der Waals surface area contributed by atoms with Gasteiger partial charge in [0.1, 0.15) is 0 Å². The first-order valence-corrected chi connectivity index (χ1v) is 17.6. The van der Waals surface area contributed by atoms with E-state index in [9.17, 15) is 0 Å². The van der Waals surface area contributed by atoms with Crippen LogP contribution in [0.1, 0.15) is 0 Å². The van der Waals surface area contributed by atoms with Gasteiger partial charge in [-0.2, -0.15) is 9.97 Å². The molecule has 0 N–H and O–H groups in total. The predicted octanol–water partition coefficient (Wildman–Crippen LogP) is 11.7. The van der Waals surface area contributed by atoms with Crippen molar-refractivity contribution in [1.29, 1.82) is 0 Å². The molecule has 0 unspecified atom stereocenters. The Morgan fingerprint density at radius 2 is 0.885 bits per heavy atom. The summed E-state index contributed by atoms with van der Waals surface area (Å²) in [6, 6.07) is 61.9. The Morgan fingerprint density at radius 3 is 1.58 bits per heavy atom. The lowest BCUT2D eigenvalue weighted by molar-refractivity contribution is 0.955. The molecule has 0 aliphatic carbocycles. The molecule has 0 saturated heterocycles. The van der Waals surface area contributed by atoms with E-state index in [1.165, 1.54) is 38.0 Å². The highest BCUT2D eigenvalue weighted by Gasteiger charge is 2.26. The van der Waals surface area contributed by atoms with Gasteiger partial charge in [-0.05, 0) is 40.4 Å². The van der Waals surface area contributed by atoms with Crippen molar-refractivity contribution < 1.29 is 0 Å². The third kappa shape index (κ3) is 4.14. The van der Waals surface area contributed by atoms with E-state index in [4.69, 9.17) is 15.0 Å². The van der Waals surface area contributed by atoms with Crippen molar-refractivity contribution in [2.75, 3.05) is 0 Å². The summed E-state index contributed by atoms with van der Waals surface area (Å²) in [6.45, 7) is 0. The molecule has 8 aromatic carbocycles. The Balaban J connectivity index is 1.39. The summed E-state index contributed by atoms with van der Waals surface area (Å²) < 4.78 is 4.72. The lowest BCUT2D eigenvalue weighted by Gasteiger charge is -2.13. The zero-order valence-corrected chi connectivity index (χ0v) is 28.0. The van der Waals surface area contributed by atoms with Crippen molar-refractivity contribution in [2.45, 2.75) is 0 Å². The van der Waals surface area contributed by atoms with Crippen LogP contribution in [0.5, 0.6) is 0 Å². The van der Waals surface area contributed by atoms with E-state index in [-0.39, 0.29) is 0 Å². The molecule has 0 fully saturated rings. The average molecular weight is 664 g/mol. The molecule has 0 aliphatic heterocycles. The van der Waals surface area contributed by atoms with Crippen LogP contribution >= 0.6 is 0 Å². The highest BCUT2D eigenvalue weighted by atomic mass is 15.2. The molecule has 0 radical (unpaired) electrons. The van der Waals surface area contributed by atoms with Crippen LogP contribution in [0, 0.1) is 0 Å². The monoisotopic (exact) mass is 663 g/mol. The minimum atomic E-state index is 0.580. The highest BCUT2D eigenvalue weighted by Crippen LogP contribution is 2.48. The van der Waals surface area contributed by atoms with Gasteiger partial charge >= 0.3 is 0 Å². The van der Waals surface area contributed by atoms with Crippen molar-refractivity contribution in [3.05, 3.63) is 176 Å². The fourth-order valence-corrected chi connectivity index (χ4v) is 8.15. The number of para-hydroxylation sites is 2. The third-order valence-electron chi connectivity index (χ3n) is 10.3. The molecule has 3 aromatic heterocycles. The molecular formula is C47H29N5. The lowest BCUT2D eigenvalue weighted by Crippen LogP contribution is -2.06. The lowest BCUT2D eigenvalue weighted by atomic mass is 9.97. The average Bonchev–Trinajstić information content (AvgIpc) is 3.76. The van der Waals surface area contributed by atoms with Gasteiger partial charge in [0.25, 0.3) is 0 Å². The standard InChI is InChI=1S/C47H29N5/c1-4-17-31(18-5-1)45-48-46(32-19-6-2-7-20-32)50-47(49-45)52-38-27-15-14-26-37(38)42-43(52)36-25-13-12-24-35(36)41-40-34-23-11-10-16-30(34)28-29-39(40)51(44(41)42)33-21-8-3-9-22-33/h1-29H. The second-order valence-electron chi connectivity index (χ2n) is 13.2. The first kappa shape index (κ1) is 28.7. The van der Waals surface area contributed by atoms with Gasteiger partial charge in [-0.15, -0.1) is 0 Å². The van der Waals surface area contributed by atoms with Crippen LogP contribution in [0.4, 0.5) is 0 Å². The maximum absolute atomic E-state index is 5.26. The molecule has 0 aliphatic rings. The molecule has 3 heterocycles. The van der Waals surface area contributed by atoms with Crippen LogP contribution in [-0.2, 0) is 0 Å². The summed E-state index contributed by atoms with van der Waals surface area (Å²) in [5.41, 5.74) is 7.44. The van der Waals surface area contributed by atoms with E-state index in [0.29, 0.717) is 17.6 Å². The van der Waals surface area contributed by atoms with Gasteiger partial charge in [0, 0.05) is 43.7 Å². The second kappa shape index (κ2) is 11.2. The van der Waals surface area contributed by atoms with Gasteiger partial charge in [-0.3, -0.25) is 4.57 Å². The number of nitrogens with zero attached hydrogens (tertiary/aromatic N) is 5. The Hall–Kier alpha value is -7.11. The van der Waals surface area contributed by atoms with E-state index in [0.717, 1.165) is 44.0 Å². The molecule has 0 amide bonds. The van der Waals surface area contributed by atoms with Crippen molar-refractivity contribution in [3.8, 4) is 34.4 Å². The van der Waals surface area contributed by atoms with Crippen molar-refractivity contribution in [3.63, 3.8) is 0 Å². The summed E-state index contributed by atoms with van der Waals surface area (Å²) in [5, 5.41) is 9.59. The zero-order chi connectivity index (χ0) is 34.2. The number of hydrogen-bond donors (Lipinski definition) is 0. The van der Waals surface area contributed by atoms with E-state index in [2.05, 4.69) is 149 Å². The summed E-state index contributed by atoms with van der Waals surface area (Å²) in [6.07, 6.45) is 0. The molecule has 0 bridgehead atoms. The Morgan fingerprint density at radius 1 is 0.327 bits per heavy atom. The predicted molar refractivity (Wildman–Crippen MR) is 214 cm³/mol. The van der Waals surface area contributed by atoms with E-state index >= 15 is 0 Å². The SMILES string of the molecule is c1ccc(-c2nc(-c3ccccc3)nc(-n3c4ccccc4c4c3c3ccccc3c3c5c6ccccc6ccc5n(-c5ccccc5)c34)n2)cc1. The van der Waals surface area contributed by atoms with Crippen LogP contribution in [0.15, 0.2) is 176 Å². The number of hydrogen-bond acceptors (Lipinski definition) is 3. The molecule has 242 valence electrons. The van der Waals surface area contributed by atoms with Crippen LogP contribution < -0.4 is 0 Å². The smallest absolute Gasteiger partial charge is 0.238 e. The molecule has 5 nitrogen and oxygen atoms in total. The minimum absolute atomic E-state index is 0.580.